The van der Waals surface area contributed by atoms with E-state index in [4.69, 9.17) is 14.9 Å². The van der Waals surface area contributed by atoms with Crippen LogP contribution in [0.4, 0.5) is 0 Å². The van der Waals surface area contributed by atoms with Crippen molar-refractivity contribution in [3.05, 3.63) is 36.0 Å². The van der Waals surface area contributed by atoms with Crippen LogP contribution in [-0.2, 0) is 23.1 Å². The summed E-state index contributed by atoms with van der Waals surface area (Å²) in [5.74, 6) is -1.62. The second kappa shape index (κ2) is 10.0. The van der Waals surface area contributed by atoms with Crippen LogP contribution >= 0.6 is 0 Å². The highest BCUT2D eigenvalue weighted by atomic mass is 16.5. The van der Waals surface area contributed by atoms with Gasteiger partial charge in [0.15, 0.2) is 0 Å². The van der Waals surface area contributed by atoms with Crippen LogP contribution in [-0.4, -0.2) is 39.0 Å². The molecular weight excluding hydrogens is 314 g/mol. The Hall–Kier alpha value is -2.87. The van der Waals surface area contributed by atoms with Crippen LogP contribution in [0.3, 0.4) is 0 Å². The molecule has 1 aromatic carbocycles. The quantitative estimate of drug-likeness (QED) is 0.712. The van der Waals surface area contributed by atoms with Crippen molar-refractivity contribution in [1.29, 1.82) is 0 Å². The number of rotatable bonds is 5. The molecule has 0 saturated carbocycles. The Kier molecular flexibility index (Phi) is 8.81. The Morgan fingerprint density at radius 3 is 2.29 bits per heavy atom. The monoisotopic (exact) mass is 337 g/mol. The van der Waals surface area contributed by atoms with Gasteiger partial charge in [-0.15, -0.1) is 0 Å². The lowest BCUT2D eigenvalue weighted by molar-refractivity contribution is -0.134. The predicted molar refractivity (Wildman–Crippen MR) is 90.7 cm³/mol. The molecule has 2 rings (SSSR count). The van der Waals surface area contributed by atoms with Gasteiger partial charge in [-0.2, -0.15) is 5.10 Å². The second-order valence-corrected chi connectivity index (χ2v) is 4.71. The minimum absolute atomic E-state index is 0. The standard InChI is InChI=1S/C12H16N2O.C4H4O4.H3N/c1-4-5-11-10-8-9(15-3)6-7-12(10)14(2)13-11;5-3(6)1-2-4(7)8;/h6-8H,4-5H2,1-3H3;1-2H,(H,5,6)(H,7,8);1H3. The maximum absolute atomic E-state index is 9.55. The number of carboxylic acids is 2. The number of ether oxygens (including phenoxy) is 1. The first-order valence-electron chi connectivity index (χ1n) is 7.02. The maximum atomic E-state index is 9.55. The molecule has 0 aliphatic heterocycles. The molecule has 0 saturated heterocycles. The highest BCUT2D eigenvalue weighted by Crippen LogP contribution is 2.24. The largest absolute Gasteiger partial charge is 0.497 e. The van der Waals surface area contributed by atoms with Gasteiger partial charge in [0.2, 0.25) is 0 Å². The first-order valence-corrected chi connectivity index (χ1v) is 7.02. The number of nitrogens with zero attached hydrogens (tertiary/aromatic N) is 2. The molecule has 1 aromatic heterocycles. The highest BCUT2D eigenvalue weighted by Gasteiger charge is 2.08. The van der Waals surface area contributed by atoms with Crippen molar-refractivity contribution in [3.63, 3.8) is 0 Å². The summed E-state index contributed by atoms with van der Waals surface area (Å²) < 4.78 is 7.16. The molecule has 0 fully saturated rings. The van der Waals surface area contributed by atoms with Gasteiger partial charge in [0, 0.05) is 24.6 Å². The Labute approximate surface area is 139 Å². The molecule has 0 unspecified atom stereocenters. The SMILES string of the molecule is CCCc1nn(C)c2ccc(OC)cc12.N.O=C(O)C=CC(=O)O. The Balaban J connectivity index is 0.000000510. The van der Waals surface area contributed by atoms with E-state index in [0.29, 0.717) is 12.2 Å². The van der Waals surface area contributed by atoms with E-state index >= 15 is 0 Å². The lowest BCUT2D eigenvalue weighted by atomic mass is 10.1. The summed E-state index contributed by atoms with van der Waals surface area (Å²) in [6.07, 6.45) is 3.25. The summed E-state index contributed by atoms with van der Waals surface area (Å²) in [7, 11) is 3.67. The van der Waals surface area contributed by atoms with Gasteiger partial charge in [0.1, 0.15) is 5.75 Å². The molecule has 1 heterocycles. The second-order valence-electron chi connectivity index (χ2n) is 4.71. The van der Waals surface area contributed by atoms with E-state index < -0.39 is 11.9 Å². The van der Waals surface area contributed by atoms with E-state index in [2.05, 4.69) is 24.2 Å². The van der Waals surface area contributed by atoms with Gasteiger partial charge in [-0.05, 0) is 24.6 Å². The van der Waals surface area contributed by atoms with Gasteiger partial charge < -0.3 is 21.1 Å². The number of aromatic nitrogens is 2. The van der Waals surface area contributed by atoms with Crippen LogP contribution in [0.2, 0.25) is 0 Å². The first kappa shape index (κ1) is 21.1. The Bertz CT molecular complexity index is 706. The Morgan fingerprint density at radius 2 is 1.83 bits per heavy atom. The third-order valence-electron chi connectivity index (χ3n) is 2.99. The topological polar surface area (TPSA) is 137 Å². The van der Waals surface area contributed by atoms with E-state index in [9.17, 15) is 9.59 Å². The minimum atomic E-state index is -1.26. The van der Waals surface area contributed by atoms with E-state index in [1.165, 1.54) is 10.9 Å². The molecule has 8 heteroatoms. The van der Waals surface area contributed by atoms with Gasteiger partial charge in [0.05, 0.1) is 18.3 Å². The fourth-order valence-corrected chi connectivity index (χ4v) is 2.01. The van der Waals surface area contributed by atoms with Crippen LogP contribution in [0.15, 0.2) is 30.4 Å². The van der Waals surface area contributed by atoms with Gasteiger partial charge in [-0.25, -0.2) is 9.59 Å². The van der Waals surface area contributed by atoms with Crippen LogP contribution in [0.1, 0.15) is 19.0 Å². The number of hydrogen-bond donors (Lipinski definition) is 3. The number of fused-ring (bicyclic) bond motifs is 1. The van der Waals surface area contributed by atoms with Gasteiger partial charge in [-0.3, -0.25) is 4.68 Å². The molecule has 0 bridgehead atoms. The van der Waals surface area contributed by atoms with Crippen molar-refractivity contribution in [2.75, 3.05) is 7.11 Å². The van der Waals surface area contributed by atoms with Crippen LogP contribution in [0.25, 0.3) is 10.9 Å². The smallest absolute Gasteiger partial charge is 0.328 e. The summed E-state index contributed by atoms with van der Waals surface area (Å²) >= 11 is 0. The fraction of sp³-hybridized carbons (Fsp3) is 0.312. The van der Waals surface area contributed by atoms with E-state index in [0.717, 1.165) is 24.3 Å². The van der Waals surface area contributed by atoms with Crippen molar-refractivity contribution in [2.24, 2.45) is 7.05 Å². The van der Waals surface area contributed by atoms with Crippen molar-refractivity contribution >= 4 is 22.8 Å². The third kappa shape index (κ3) is 6.09. The highest BCUT2D eigenvalue weighted by molar-refractivity contribution is 5.89. The van der Waals surface area contributed by atoms with Gasteiger partial charge in [0.25, 0.3) is 0 Å². The summed E-state index contributed by atoms with van der Waals surface area (Å²) in [5, 5.41) is 21.3. The molecule has 0 spiro atoms. The summed E-state index contributed by atoms with van der Waals surface area (Å²) in [6, 6.07) is 6.09. The lowest BCUT2D eigenvalue weighted by Crippen LogP contribution is -1.91. The van der Waals surface area contributed by atoms with Crippen molar-refractivity contribution in [1.82, 2.24) is 15.9 Å². The number of carbonyl (C=O) groups is 2. The van der Waals surface area contributed by atoms with Crippen molar-refractivity contribution in [3.8, 4) is 5.75 Å². The van der Waals surface area contributed by atoms with Crippen LogP contribution < -0.4 is 10.9 Å². The number of methoxy groups -OCH3 is 1. The molecule has 0 aliphatic carbocycles. The van der Waals surface area contributed by atoms with Crippen LogP contribution in [0.5, 0.6) is 5.75 Å². The molecular formula is C16H23N3O5. The maximum Gasteiger partial charge on any atom is 0.328 e. The zero-order valence-electron chi connectivity index (χ0n) is 14.0. The normalized spacial score (nSPS) is 9.96. The predicted octanol–water partition coefficient (Wildman–Crippen LogP) is 2.41. The summed E-state index contributed by atoms with van der Waals surface area (Å²) in [6.45, 7) is 2.17. The molecule has 0 aliphatic rings. The van der Waals surface area contributed by atoms with E-state index in [1.54, 1.807) is 7.11 Å². The summed E-state index contributed by atoms with van der Waals surface area (Å²) in [5.41, 5.74) is 2.33. The molecule has 24 heavy (non-hydrogen) atoms. The van der Waals surface area contributed by atoms with E-state index in [1.807, 2.05) is 17.8 Å². The zero-order valence-corrected chi connectivity index (χ0v) is 14.0. The minimum Gasteiger partial charge on any atom is -0.497 e. The molecule has 0 radical (unpaired) electrons. The van der Waals surface area contributed by atoms with Crippen LogP contribution in [0, 0.1) is 0 Å². The van der Waals surface area contributed by atoms with Crippen molar-refractivity contribution < 1.29 is 24.5 Å². The Morgan fingerprint density at radius 1 is 1.25 bits per heavy atom. The number of aryl methyl sites for hydroxylation is 2. The van der Waals surface area contributed by atoms with Gasteiger partial charge >= 0.3 is 11.9 Å². The van der Waals surface area contributed by atoms with Crippen molar-refractivity contribution in [2.45, 2.75) is 19.8 Å². The fourth-order valence-electron chi connectivity index (χ4n) is 2.01. The summed E-state index contributed by atoms with van der Waals surface area (Å²) in [4.78, 5) is 19.1. The average Bonchev–Trinajstić information content (AvgIpc) is 2.82. The first-order chi connectivity index (χ1) is 10.9. The zero-order chi connectivity index (χ0) is 17.4. The van der Waals surface area contributed by atoms with Gasteiger partial charge in [-0.1, -0.05) is 13.3 Å². The number of hydrogen-bond acceptors (Lipinski definition) is 5. The lowest BCUT2D eigenvalue weighted by Gasteiger charge is -2.00. The molecule has 8 nitrogen and oxygen atoms in total. The van der Waals surface area contributed by atoms with E-state index in [-0.39, 0.29) is 6.15 Å². The average molecular weight is 337 g/mol. The molecule has 2 aromatic rings. The molecule has 0 amide bonds. The number of carboxylic acid groups (broad SMARTS) is 2. The number of aliphatic carboxylic acids is 2. The third-order valence-corrected chi connectivity index (χ3v) is 2.99. The molecule has 0 atom stereocenters. The molecule has 132 valence electrons. The number of benzene rings is 1. The molecule has 5 N–H and O–H groups in total.